The van der Waals surface area contributed by atoms with Gasteiger partial charge in [-0.3, -0.25) is 15.1 Å². The fraction of sp³-hybridized carbons (Fsp3) is 0.105. The summed E-state index contributed by atoms with van der Waals surface area (Å²) in [5, 5.41) is 14.2. The highest BCUT2D eigenvalue weighted by Gasteiger charge is 2.12. The van der Waals surface area contributed by atoms with Crippen LogP contribution in [0.25, 0.3) is 11.3 Å². The largest absolute Gasteiger partial charge is 0.373 e. The molecule has 0 saturated heterocycles. The number of hydrogen-bond donors (Lipinski definition) is 1. The van der Waals surface area contributed by atoms with E-state index in [0.717, 1.165) is 11.1 Å². The summed E-state index contributed by atoms with van der Waals surface area (Å²) in [5.74, 6) is 0.321. The van der Waals surface area contributed by atoms with Gasteiger partial charge in [0.2, 0.25) is 5.95 Å². The zero-order valence-corrected chi connectivity index (χ0v) is 14.4. The van der Waals surface area contributed by atoms with E-state index in [1.807, 2.05) is 12.1 Å². The van der Waals surface area contributed by atoms with E-state index in [2.05, 4.69) is 26.8 Å². The molecule has 0 fully saturated rings. The summed E-state index contributed by atoms with van der Waals surface area (Å²) in [7, 11) is 0. The van der Waals surface area contributed by atoms with Crippen LogP contribution in [0.2, 0.25) is 0 Å². The minimum Gasteiger partial charge on any atom is -0.373 e. The van der Waals surface area contributed by atoms with Gasteiger partial charge >= 0.3 is 0 Å². The van der Waals surface area contributed by atoms with Gasteiger partial charge in [0.15, 0.2) is 0 Å². The Morgan fingerprint density at radius 3 is 2.89 bits per heavy atom. The molecule has 8 nitrogen and oxygen atoms in total. The van der Waals surface area contributed by atoms with E-state index in [1.165, 1.54) is 12.1 Å². The van der Waals surface area contributed by atoms with Crippen LogP contribution >= 0.6 is 0 Å². The van der Waals surface area contributed by atoms with Crippen LogP contribution in [-0.4, -0.2) is 26.5 Å². The molecular weight excluding hydrogens is 346 g/mol. The number of aromatic nitrogens is 3. The van der Waals surface area contributed by atoms with E-state index in [0.29, 0.717) is 23.9 Å². The molecule has 0 atom stereocenters. The first kappa shape index (κ1) is 18.2. The summed E-state index contributed by atoms with van der Waals surface area (Å²) >= 11 is 0. The molecule has 0 aliphatic heterocycles. The maximum Gasteiger partial charge on any atom is 0.271 e. The molecule has 8 heteroatoms. The zero-order chi connectivity index (χ0) is 19.1. The molecule has 3 aromatic rings. The summed E-state index contributed by atoms with van der Waals surface area (Å²) in [6, 6.07) is 10.00. The molecule has 0 aliphatic carbocycles. The molecule has 0 spiro atoms. The number of anilines is 2. The maximum atomic E-state index is 11.1. The number of rotatable bonds is 8. The lowest BCUT2D eigenvalue weighted by atomic mass is 10.1. The average Bonchev–Trinajstić information content (AvgIpc) is 2.70. The van der Waals surface area contributed by atoms with Gasteiger partial charge in [0.05, 0.1) is 29.5 Å². The second-order valence-electron chi connectivity index (χ2n) is 5.53. The summed E-state index contributed by atoms with van der Waals surface area (Å²) in [4.78, 5) is 23.4. The fourth-order valence-corrected chi connectivity index (χ4v) is 2.39. The van der Waals surface area contributed by atoms with E-state index in [4.69, 9.17) is 4.74 Å². The smallest absolute Gasteiger partial charge is 0.271 e. The van der Waals surface area contributed by atoms with E-state index < -0.39 is 4.92 Å². The Labute approximate surface area is 155 Å². The molecule has 0 bridgehead atoms. The predicted molar refractivity (Wildman–Crippen MR) is 101 cm³/mol. The highest BCUT2D eigenvalue weighted by molar-refractivity contribution is 5.65. The van der Waals surface area contributed by atoms with Crippen molar-refractivity contribution in [3.05, 3.63) is 83.3 Å². The van der Waals surface area contributed by atoms with Crippen molar-refractivity contribution in [1.29, 1.82) is 0 Å². The Bertz CT molecular complexity index is 947. The van der Waals surface area contributed by atoms with Crippen molar-refractivity contribution < 1.29 is 9.66 Å². The standard InChI is InChI=1S/C19H17N5O3/c1-2-10-27-13-15-5-6-16(24(25)26)11-18(15)23-19-21-9-7-17(22-19)14-4-3-8-20-12-14/h2-9,11-12H,1,10,13H2,(H,21,22,23). The van der Waals surface area contributed by atoms with Crippen molar-refractivity contribution in [2.75, 3.05) is 11.9 Å². The van der Waals surface area contributed by atoms with Crippen LogP contribution in [0.3, 0.4) is 0 Å². The van der Waals surface area contributed by atoms with E-state index in [9.17, 15) is 10.1 Å². The van der Waals surface area contributed by atoms with Crippen LogP contribution in [0, 0.1) is 10.1 Å². The minimum atomic E-state index is -0.452. The Morgan fingerprint density at radius 2 is 2.15 bits per heavy atom. The lowest BCUT2D eigenvalue weighted by molar-refractivity contribution is -0.384. The third-order valence-electron chi connectivity index (χ3n) is 3.66. The molecule has 27 heavy (non-hydrogen) atoms. The summed E-state index contributed by atoms with van der Waals surface area (Å²) < 4.78 is 5.46. The first-order valence-electron chi connectivity index (χ1n) is 8.14. The molecule has 1 N–H and O–H groups in total. The Kier molecular flexibility index (Phi) is 5.80. The molecule has 2 aromatic heterocycles. The quantitative estimate of drug-likeness (QED) is 0.280. The summed E-state index contributed by atoms with van der Waals surface area (Å²) in [6.07, 6.45) is 6.64. The fourth-order valence-electron chi connectivity index (χ4n) is 2.39. The van der Waals surface area contributed by atoms with Gasteiger partial charge in [-0.05, 0) is 24.3 Å². The summed E-state index contributed by atoms with van der Waals surface area (Å²) in [6.45, 7) is 4.25. The third-order valence-corrected chi connectivity index (χ3v) is 3.66. The first-order valence-corrected chi connectivity index (χ1v) is 8.14. The number of hydrogen-bond acceptors (Lipinski definition) is 7. The zero-order valence-electron chi connectivity index (χ0n) is 14.4. The number of ether oxygens (including phenoxy) is 1. The second-order valence-corrected chi connectivity index (χ2v) is 5.53. The van der Waals surface area contributed by atoms with Gasteiger partial charge in [-0.15, -0.1) is 6.58 Å². The topological polar surface area (TPSA) is 103 Å². The lowest BCUT2D eigenvalue weighted by Gasteiger charge is -2.11. The number of non-ortho nitro benzene ring substituents is 1. The Morgan fingerprint density at radius 1 is 1.26 bits per heavy atom. The number of benzene rings is 1. The maximum absolute atomic E-state index is 11.1. The number of nitrogens with one attached hydrogen (secondary N) is 1. The molecule has 1 aromatic carbocycles. The van der Waals surface area contributed by atoms with Crippen LogP contribution in [0.5, 0.6) is 0 Å². The van der Waals surface area contributed by atoms with Gasteiger partial charge < -0.3 is 10.1 Å². The average molecular weight is 363 g/mol. The molecule has 136 valence electrons. The molecule has 3 rings (SSSR count). The molecule has 0 unspecified atom stereocenters. The highest BCUT2D eigenvalue weighted by atomic mass is 16.6. The van der Waals surface area contributed by atoms with Gasteiger partial charge in [-0.1, -0.05) is 6.08 Å². The minimum absolute atomic E-state index is 0.0339. The van der Waals surface area contributed by atoms with Gasteiger partial charge in [0.25, 0.3) is 5.69 Å². The molecule has 0 radical (unpaired) electrons. The van der Waals surface area contributed by atoms with Crippen LogP contribution in [0.15, 0.2) is 67.6 Å². The highest BCUT2D eigenvalue weighted by Crippen LogP contribution is 2.26. The van der Waals surface area contributed by atoms with Gasteiger partial charge in [0, 0.05) is 41.9 Å². The van der Waals surface area contributed by atoms with E-state index in [-0.39, 0.29) is 12.3 Å². The molecule has 0 amide bonds. The normalized spacial score (nSPS) is 10.4. The van der Waals surface area contributed by atoms with Crippen molar-refractivity contribution in [1.82, 2.24) is 15.0 Å². The number of nitro benzene ring substituents is 1. The lowest BCUT2D eigenvalue weighted by Crippen LogP contribution is -2.03. The Hall–Kier alpha value is -3.65. The third kappa shape index (κ3) is 4.71. The molecule has 2 heterocycles. The van der Waals surface area contributed by atoms with Crippen molar-refractivity contribution in [2.45, 2.75) is 6.61 Å². The van der Waals surface area contributed by atoms with Crippen molar-refractivity contribution in [3.8, 4) is 11.3 Å². The molecule has 0 aliphatic rings. The first-order chi connectivity index (χ1) is 13.2. The van der Waals surface area contributed by atoms with Gasteiger partial charge in [-0.2, -0.15) is 0 Å². The van der Waals surface area contributed by atoms with Crippen molar-refractivity contribution in [2.24, 2.45) is 0 Å². The van der Waals surface area contributed by atoms with Crippen molar-refractivity contribution >= 4 is 17.3 Å². The summed E-state index contributed by atoms with van der Waals surface area (Å²) in [5.41, 5.74) is 2.76. The predicted octanol–water partition coefficient (Wildman–Crippen LogP) is 3.89. The number of pyridine rings is 1. The van der Waals surface area contributed by atoms with E-state index in [1.54, 1.807) is 36.8 Å². The molecular formula is C19H17N5O3. The molecule has 0 saturated carbocycles. The Balaban J connectivity index is 1.90. The SMILES string of the molecule is C=CCOCc1ccc([N+](=O)[O-])cc1Nc1nccc(-c2cccnc2)n1. The number of nitro groups is 1. The second kappa shape index (κ2) is 8.63. The van der Waals surface area contributed by atoms with Gasteiger partial charge in [0.1, 0.15) is 0 Å². The van der Waals surface area contributed by atoms with Crippen LogP contribution in [0.4, 0.5) is 17.3 Å². The van der Waals surface area contributed by atoms with E-state index >= 15 is 0 Å². The van der Waals surface area contributed by atoms with Crippen LogP contribution in [0.1, 0.15) is 5.56 Å². The monoisotopic (exact) mass is 363 g/mol. The van der Waals surface area contributed by atoms with Crippen LogP contribution < -0.4 is 5.32 Å². The van der Waals surface area contributed by atoms with Crippen LogP contribution in [-0.2, 0) is 11.3 Å². The van der Waals surface area contributed by atoms with Gasteiger partial charge in [-0.25, -0.2) is 9.97 Å². The number of nitrogens with zero attached hydrogens (tertiary/aromatic N) is 4. The van der Waals surface area contributed by atoms with Crippen molar-refractivity contribution in [3.63, 3.8) is 0 Å².